The SMILES string of the molecule is Cc1ccc(F)c2c(=O)[nH]c(CCC(=O)N3CCN(C(=O)[C@@H](N)Cc4ccccc4)CC3)cc12. The number of nitrogens with one attached hydrogen (secondary N) is 1. The number of rotatable bonds is 6. The fraction of sp³-hybridized carbons (Fsp3) is 0.346. The van der Waals surface area contributed by atoms with Gasteiger partial charge in [-0.3, -0.25) is 14.4 Å². The zero-order valence-electron chi connectivity index (χ0n) is 19.2. The summed E-state index contributed by atoms with van der Waals surface area (Å²) in [5, 5.41) is 0.603. The Bertz CT molecular complexity index is 1250. The highest BCUT2D eigenvalue weighted by atomic mass is 19.1. The minimum Gasteiger partial charge on any atom is -0.339 e. The van der Waals surface area contributed by atoms with Crippen LogP contribution < -0.4 is 11.3 Å². The van der Waals surface area contributed by atoms with E-state index < -0.39 is 17.4 Å². The van der Waals surface area contributed by atoms with E-state index in [1.165, 1.54) is 6.07 Å². The van der Waals surface area contributed by atoms with Gasteiger partial charge < -0.3 is 20.5 Å². The Morgan fingerprint density at radius 1 is 1.06 bits per heavy atom. The summed E-state index contributed by atoms with van der Waals surface area (Å²) >= 11 is 0. The number of H-pyrrole nitrogens is 1. The Morgan fingerprint density at radius 2 is 1.74 bits per heavy atom. The van der Waals surface area contributed by atoms with Gasteiger partial charge in [-0.1, -0.05) is 36.4 Å². The molecule has 1 saturated heterocycles. The van der Waals surface area contributed by atoms with E-state index in [0.717, 1.165) is 11.1 Å². The number of aryl methyl sites for hydroxylation is 2. The first-order chi connectivity index (χ1) is 16.3. The molecule has 34 heavy (non-hydrogen) atoms. The number of piperazine rings is 1. The first kappa shape index (κ1) is 23.6. The van der Waals surface area contributed by atoms with Crippen LogP contribution in [0.4, 0.5) is 4.39 Å². The number of fused-ring (bicyclic) bond motifs is 1. The number of nitrogens with two attached hydrogens (primary N) is 1. The van der Waals surface area contributed by atoms with Gasteiger partial charge in [-0.05, 0) is 48.4 Å². The van der Waals surface area contributed by atoms with E-state index >= 15 is 0 Å². The van der Waals surface area contributed by atoms with Crippen molar-refractivity contribution in [3.63, 3.8) is 0 Å². The largest absolute Gasteiger partial charge is 0.339 e. The smallest absolute Gasteiger partial charge is 0.259 e. The van der Waals surface area contributed by atoms with Gasteiger partial charge in [0.2, 0.25) is 11.8 Å². The van der Waals surface area contributed by atoms with Crippen LogP contribution in [0, 0.1) is 12.7 Å². The molecule has 3 N–H and O–H groups in total. The predicted octanol–water partition coefficient (Wildman–Crippen LogP) is 2.15. The molecule has 7 nitrogen and oxygen atoms in total. The molecule has 0 unspecified atom stereocenters. The Kier molecular flexibility index (Phi) is 7.07. The monoisotopic (exact) mass is 464 g/mol. The second-order valence-electron chi connectivity index (χ2n) is 8.78. The van der Waals surface area contributed by atoms with Crippen molar-refractivity contribution in [3.05, 3.63) is 81.5 Å². The van der Waals surface area contributed by atoms with Crippen molar-refractivity contribution in [1.29, 1.82) is 0 Å². The van der Waals surface area contributed by atoms with Crippen LogP contribution in [0.5, 0.6) is 0 Å². The maximum Gasteiger partial charge on any atom is 0.259 e. The number of aromatic amines is 1. The number of halogens is 1. The van der Waals surface area contributed by atoms with Crippen molar-refractivity contribution in [2.45, 2.75) is 32.2 Å². The van der Waals surface area contributed by atoms with E-state index in [1.807, 2.05) is 37.3 Å². The van der Waals surface area contributed by atoms with Gasteiger partial charge in [0.15, 0.2) is 0 Å². The third-order valence-corrected chi connectivity index (χ3v) is 6.40. The number of carbonyl (C=O) groups excluding carboxylic acids is 2. The summed E-state index contributed by atoms with van der Waals surface area (Å²) in [7, 11) is 0. The van der Waals surface area contributed by atoms with Crippen LogP contribution in [-0.4, -0.2) is 58.8 Å². The highest BCUT2D eigenvalue weighted by Crippen LogP contribution is 2.19. The molecule has 178 valence electrons. The number of amides is 2. The first-order valence-corrected chi connectivity index (χ1v) is 11.5. The number of hydrogen-bond donors (Lipinski definition) is 2. The molecular weight excluding hydrogens is 435 g/mol. The summed E-state index contributed by atoms with van der Waals surface area (Å²) in [6, 6.07) is 13.7. The molecule has 2 aromatic carbocycles. The van der Waals surface area contributed by atoms with Gasteiger partial charge >= 0.3 is 0 Å². The van der Waals surface area contributed by atoms with Crippen LogP contribution in [0.3, 0.4) is 0 Å². The van der Waals surface area contributed by atoms with Crippen LogP contribution in [0.1, 0.15) is 23.2 Å². The molecule has 1 aromatic heterocycles. The van der Waals surface area contributed by atoms with Crippen LogP contribution in [-0.2, 0) is 22.4 Å². The van der Waals surface area contributed by atoms with E-state index in [9.17, 15) is 18.8 Å². The van der Waals surface area contributed by atoms with E-state index in [1.54, 1.807) is 21.9 Å². The van der Waals surface area contributed by atoms with Gasteiger partial charge in [0.25, 0.3) is 5.56 Å². The van der Waals surface area contributed by atoms with Crippen LogP contribution in [0.15, 0.2) is 53.3 Å². The zero-order chi connectivity index (χ0) is 24.2. The molecule has 0 spiro atoms. The van der Waals surface area contributed by atoms with Gasteiger partial charge in [-0.25, -0.2) is 4.39 Å². The van der Waals surface area contributed by atoms with E-state index in [2.05, 4.69) is 4.98 Å². The van der Waals surface area contributed by atoms with Gasteiger partial charge in [0, 0.05) is 38.3 Å². The summed E-state index contributed by atoms with van der Waals surface area (Å²) in [6.45, 7) is 3.60. The molecule has 2 heterocycles. The average molecular weight is 465 g/mol. The van der Waals surface area contributed by atoms with Gasteiger partial charge in [0.05, 0.1) is 11.4 Å². The highest BCUT2D eigenvalue weighted by Gasteiger charge is 2.27. The summed E-state index contributed by atoms with van der Waals surface area (Å²) < 4.78 is 14.0. The van der Waals surface area contributed by atoms with Crippen molar-refractivity contribution in [2.75, 3.05) is 26.2 Å². The lowest BCUT2D eigenvalue weighted by Gasteiger charge is -2.36. The first-order valence-electron chi connectivity index (χ1n) is 11.5. The predicted molar refractivity (Wildman–Crippen MR) is 129 cm³/mol. The van der Waals surface area contributed by atoms with Gasteiger partial charge in [-0.2, -0.15) is 0 Å². The number of pyridine rings is 1. The van der Waals surface area contributed by atoms with Crippen molar-refractivity contribution in [1.82, 2.24) is 14.8 Å². The number of benzene rings is 2. The van der Waals surface area contributed by atoms with Crippen LogP contribution in [0.25, 0.3) is 10.8 Å². The normalized spacial score (nSPS) is 14.9. The number of aromatic nitrogens is 1. The Labute approximate surface area is 197 Å². The molecule has 0 bridgehead atoms. The summed E-state index contributed by atoms with van der Waals surface area (Å²) in [5.41, 5.74) is 8.07. The fourth-order valence-electron chi connectivity index (χ4n) is 4.43. The van der Waals surface area contributed by atoms with Crippen molar-refractivity contribution in [3.8, 4) is 0 Å². The second kappa shape index (κ2) is 10.2. The van der Waals surface area contributed by atoms with E-state index in [-0.39, 0.29) is 23.6 Å². The maximum absolute atomic E-state index is 14.0. The highest BCUT2D eigenvalue weighted by molar-refractivity contribution is 5.86. The molecule has 4 rings (SSSR count). The number of carbonyl (C=O) groups is 2. The van der Waals surface area contributed by atoms with Gasteiger partial charge in [0.1, 0.15) is 5.82 Å². The number of hydrogen-bond acceptors (Lipinski definition) is 4. The van der Waals surface area contributed by atoms with Gasteiger partial charge in [-0.15, -0.1) is 0 Å². The fourth-order valence-corrected chi connectivity index (χ4v) is 4.43. The maximum atomic E-state index is 14.0. The summed E-state index contributed by atoms with van der Waals surface area (Å²) in [4.78, 5) is 44.0. The molecule has 0 radical (unpaired) electrons. The lowest BCUT2D eigenvalue weighted by Crippen LogP contribution is -2.54. The van der Waals surface area contributed by atoms with Crippen molar-refractivity contribution >= 4 is 22.6 Å². The third kappa shape index (κ3) is 5.17. The second-order valence-corrected chi connectivity index (χ2v) is 8.78. The molecule has 1 aliphatic heterocycles. The molecular formula is C26H29FN4O3. The van der Waals surface area contributed by atoms with Crippen molar-refractivity contribution in [2.24, 2.45) is 5.73 Å². The van der Waals surface area contributed by atoms with E-state index in [4.69, 9.17) is 5.73 Å². The average Bonchev–Trinajstić information content (AvgIpc) is 2.85. The molecule has 8 heteroatoms. The van der Waals surface area contributed by atoms with Crippen LogP contribution in [0.2, 0.25) is 0 Å². The molecule has 0 aliphatic carbocycles. The standard InChI is InChI=1S/C26H29FN4O3/c1-17-7-9-21(27)24-20(17)16-19(29-25(24)33)8-10-23(32)30-11-13-31(14-12-30)26(34)22(28)15-18-5-3-2-4-6-18/h2-7,9,16,22H,8,10-15,28H2,1H3,(H,29,33)/t22-/m0/s1. The molecule has 1 fully saturated rings. The zero-order valence-corrected chi connectivity index (χ0v) is 19.2. The Morgan fingerprint density at radius 3 is 2.44 bits per heavy atom. The van der Waals surface area contributed by atoms with E-state index in [0.29, 0.717) is 50.1 Å². The minimum atomic E-state index is -0.609. The van der Waals surface area contributed by atoms with Crippen molar-refractivity contribution < 1.29 is 14.0 Å². The topological polar surface area (TPSA) is 99.5 Å². The molecule has 1 aliphatic rings. The van der Waals surface area contributed by atoms with Crippen LogP contribution >= 0.6 is 0 Å². The Hall–Kier alpha value is -3.52. The molecule has 0 saturated carbocycles. The lowest BCUT2D eigenvalue weighted by molar-refractivity contribution is -0.140. The quantitative estimate of drug-likeness (QED) is 0.584. The Balaban J connectivity index is 1.31. The molecule has 3 aromatic rings. The number of nitrogens with zero attached hydrogens (tertiary/aromatic N) is 2. The summed E-state index contributed by atoms with van der Waals surface area (Å²) in [5.74, 6) is -0.703. The minimum absolute atomic E-state index is 0.0429. The molecule has 1 atom stereocenters. The third-order valence-electron chi connectivity index (χ3n) is 6.40. The molecule has 2 amide bonds. The summed E-state index contributed by atoms with van der Waals surface area (Å²) in [6.07, 6.45) is 1.05. The lowest BCUT2D eigenvalue weighted by atomic mass is 10.0.